The smallest absolute Gasteiger partial charge is 0.322 e. The van der Waals surface area contributed by atoms with Gasteiger partial charge in [-0.1, -0.05) is 18.2 Å². The Morgan fingerprint density at radius 1 is 1.17 bits per heavy atom. The molecule has 2 heterocycles. The molecule has 1 atom stereocenters. The number of hydrogen-bond acceptors (Lipinski definition) is 4. The second-order valence-electron chi connectivity index (χ2n) is 5.73. The predicted octanol–water partition coefficient (Wildman–Crippen LogP) is 0.654. The highest BCUT2D eigenvalue weighted by Gasteiger charge is 2.33. The van der Waals surface area contributed by atoms with Crippen LogP contribution in [-0.2, 0) is 9.59 Å². The molecule has 2 aliphatic heterocycles. The minimum Gasteiger partial charge on any atom is -0.490 e. The van der Waals surface area contributed by atoms with Crippen LogP contribution < -0.4 is 15.4 Å². The van der Waals surface area contributed by atoms with E-state index in [0.29, 0.717) is 13.1 Å². The molecule has 2 N–H and O–H groups in total. The molecule has 1 aromatic carbocycles. The van der Waals surface area contributed by atoms with Crippen LogP contribution in [0.3, 0.4) is 0 Å². The van der Waals surface area contributed by atoms with Gasteiger partial charge in [-0.25, -0.2) is 4.79 Å². The molecule has 0 aliphatic carbocycles. The van der Waals surface area contributed by atoms with Gasteiger partial charge in [0.25, 0.3) is 5.91 Å². The highest BCUT2D eigenvalue weighted by molar-refractivity contribution is 6.05. The molecule has 0 radical (unpaired) electrons. The second-order valence-corrected chi connectivity index (χ2v) is 5.73. The number of para-hydroxylation sites is 1. The summed E-state index contributed by atoms with van der Waals surface area (Å²) in [5.41, 5.74) is 0. The Hall–Kier alpha value is -2.57. The summed E-state index contributed by atoms with van der Waals surface area (Å²) >= 11 is 0. The van der Waals surface area contributed by atoms with Gasteiger partial charge >= 0.3 is 6.03 Å². The van der Waals surface area contributed by atoms with Crippen molar-refractivity contribution in [3.05, 3.63) is 30.3 Å². The van der Waals surface area contributed by atoms with Crippen LogP contribution in [0.4, 0.5) is 4.79 Å². The van der Waals surface area contributed by atoms with E-state index in [1.54, 1.807) is 4.90 Å². The molecule has 1 aromatic rings. The number of hydrogen-bond donors (Lipinski definition) is 2. The number of benzene rings is 1. The molecule has 4 amide bonds. The summed E-state index contributed by atoms with van der Waals surface area (Å²) in [6.07, 6.45) is 1.60. The quantitative estimate of drug-likeness (QED) is 0.798. The lowest BCUT2D eigenvalue weighted by molar-refractivity contribution is -0.135. The molecule has 2 saturated heterocycles. The van der Waals surface area contributed by atoms with Crippen molar-refractivity contribution >= 4 is 17.8 Å². The molecule has 23 heavy (non-hydrogen) atoms. The zero-order chi connectivity index (χ0) is 16.2. The highest BCUT2D eigenvalue weighted by Crippen LogP contribution is 2.19. The van der Waals surface area contributed by atoms with Crippen LogP contribution >= 0.6 is 0 Å². The lowest BCUT2D eigenvalue weighted by Crippen LogP contribution is -2.44. The summed E-state index contributed by atoms with van der Waals surface area (Å²) in [6, 6.07) is 8.32. The number of nitrogens with zero attached hydrogens (tertiary/aromatic N) is 1. The summed E-state index contributed by atoms with van der Waals surface area (Å²) in [5.74, 6) is 0.277. The Balaban J connectivity index is 1.46. The average Bonchev–Trinajstić information content (AvgIpc) is 2.86. The summed E-state index contributed by atoms with van der Waals surface area (Å²) in [7, 11) is 0. The van der Waals surface area contributed by atoms with E-state index < -0.39 is 18.0 Å². The van der Waals surface area contributed by atoms with Crippen LogP contribution in [0.1, 0.15) is 19.3 Å². The minimum absolute atomic E-state index is 0.00177. The standard InChI is InChI=1S/C16H19N3O4/c20-14(10-13-15(21)18-16(22)17-13)19-8-6-12(7-9-19)23-11-4-2-1-3-5-11/h1-5,12-13H,6-10H2,(H2,17,18,21,22). The van der Waals surface area contributed by atoms with Crippen molar-refractivity contribution in [1.82, 2.24) is 15.5 Å². The van der Waals surface area contributed by atoms with Crippen molar-refractivity contribution in [3.63, 3.8) is 0 Å². The average molecular weight is 317 g/mol. The van der Waals surface area contributed by atoms with Crippen molar-refractivity contribution in [2.24, 2.45) is 0 Å². The number of imide groups is 1. The fourth-order valence-electron chi connectivity index (χ4n) is 2.82. The Bertz CT molecular complexity index is 597. The van der Waals surface area contributed by atoms with Crippen molar-refractivity contribution in [1.29, 1.82) is 0 Å². The molecule has 0 saturated carbocycles. The number of amides is 4. The van der Waals surface area contributed by atoms with E-state index in [9.17, 15) is 14.4 Å². The van der Waals surface area contributed by atoms with Crippen LogP contribution in [0.5, 0.6) is 5.75 Å². The maximum Gasteiger partial charge on any atom is 0.322 e. The number of carbonyl (C=O) groups is 3. The molecule has 122 valence electrons. The molecule has 0 bridgehead atoms. The van der Waals surface area contributed by atoms with Gasteiger partial charge in [0.2, 0.25) is 5.91 Å². The van der Waals surface area contributed by atoms with Gasteiger partial charge in [0.05, 0.1) is 6.42 Å². The van der Waals surface area contributed by atoms with Crippen LogP contribution in [0.25, 0.3) is 0 Å². The molecule has 2 aliphatic rings. The molecular weight excluding hydrogens is 298 g/mol. The third-order valence-corrected chi connectivity index (χ3v) is 4.08. The van der Waals surface area contributed by atoms with Gasteiger partial charge in [0.15, 0.2) is 0 Å². The van der Waals surface area contributed by atoms with Gasteiger partial charge in [0, 0.05) is 25.9 Å². The number of likely N-dealkylation sites (tertiary alicyclic amines) is 1. The molecule has 1 unspecified atom stereocenters. The molecule has 0 spiro atoms. The van der Waals surface area contributed by atoms with Gasteiger partial charge in [-0.3, -0.25) is 14.9 Å². The van der Waals surface area contributed by atoms with Crippen LogP contribution in [0.15, 0.2) is 30.3 Å². The van der Waals surface area contributed by atoms with Gasteiger partial charge in [-0.2, -0.15) is 0 Å². The van der Waals surface area contributed by atoms with E-state index >= 15 is 0 Å². The molecular formula is C16H19N3O4. The first-order chi connectivity index (χ1) is 11.1. The number of nitrogens with one attached hydrogen (secondary N) is 2. The zero-order valence-corrected chi connectivity index (χ0v) is 12.7. The number of urea groups is 1. The zero-order valence-electron chi connectivity index (χ0n) is 12.7. The Kier molecular flexibility index (Phi) is 4.45. The maximum absolute atomic E-state index is 12.2. The van der Waals surface area contributed by atoms with E-state index in [0.717, 1.165) is 18.6 Å². The third-order valence-electron chi connectivity index (χ3n) is 4.08. The van der Waals surface area contributed by atoms with E-state index in [-0.39, 0.29) is 18.4 Å². The minimum atomic E-state index is -0.756. The molecule has 0 aromatic heterocycles. The number of piperidine rings is 1. The fourth-order valence-corrected chi connectivity index (χ4v) is 2.82. The van der Waals surface area contributed by atoms with Gasteiger partial charge in [0.1, 0.15) is 17.9 Å². The number of rotatable bonds is 4. The topological polar surface area (TPSA) is 87.7 Å². The first-order valence-corrected chi connectivity index (χ1v) is 7.72. The summed E-state index contributed by atoms with van der Waals surface area (Å²) in [5, 5.41) is 4.57. The lowest BCUT2D eigenvalue weighted by atomic mass is 10.1. The Labute approximate surface area is 134 Å². The van der Waals surface area contributed by atoms with E-state index in [4.69, 9.17) is 4.74 Å². The second kappa shape index (κ2) is 6.68. The monoisotopic (exact) mass is 317 g/mol. The summed E-state index contributed by atoms with van der Waals surface area (Å²) < 4.78 is 5.89. The van der Waals surface area contributed by atoms with E-state index in [1.807, 2.05) is 30.3 Å². The van der Waals surface area contributed by atoms with Crippen molar-refractivity contribution < 1.29 is 19.1 Å². The van der Waals surface area contributed by atoms with Gasteiger partial charge in [-0.05, 0) is 12.1 Å². The molecule has 3 rings (SSSR count). The molecule has 7 heteroatoms. The summed E-state index contributed by atoms with van der Waals surface area (Å²) in [4.78, 5) is 36.5. The lowest BCUT2D eigenvalue weighted by Gasteiger charge is -2.32. The highest BCUT2D eigenvalue weighted by atomic mass is 16.5. The fraction of sp³-hybridized carbons (Fsp3) is 0.438. The largest absolute Gasteiger partial charge is 0.490 e. The molecule has 2 fully saturated rings. The van der Waals surface area contributed by atoms with Crippen molar-refractivity contribution in [2.75, 3.05) is 13.1 Å². The van der Waals surface area contributed by atoms with Gasteiger partial charge in [-0.15, -0.1) is 0 Å². The SMILES string of the molecule is O=C1NC(=O)C(CC(=O)N2CCC(Oc3ccccc3)CC2)N1. The first-order valence-electron chi connectivity index (χ1n) is 7.72. The van der Waals surface area contributed by atoms with Crippen LogP contribution in [0, 0.1) is 0 Å². The third kappa shape index (κ3) is 3.80. The van der Waals surface area contributed by atoms with Crippen LogP contribution in [-0.4, -0.2) is 48.0 Å². The normalized spacial score (nSPS) is 21.7. The predicted molar refractivity (Wildman–Crippen MR) is 81.8 cm³/mol. The van der Waals surface area contributed by atoms with E-state index in [2.05, 4.69) is 10.6 Å². The van der Waals surface area contributed by atoms with E-state index in [1.165, 1.54) is 0 Å². The number of ether oxygens (including phenoxy) is 1. The number of carbonyl (C=O) groups excluding carboxylic acids is 3. The Morgan fingerprint density at radius 2 is 1.87 bits per heavy atom. The molecule has 7 nitrogen and oxygen atoms in total. The van der Waals surface area contributed by atoms with Crippen LogP contribution in [0.2, 0.25) is 0 Å². The maximum atomic E-state index is 12.2. The van der Waals surface area contributed by atoms with Gasteiger partial charge < -0.3 is 15.0 Å². The Morgan fingerprint density at radius 3 is 2.48 bits per heavy atom. The van der Waals surface area contributed by atoms with Crippen molar-refractivity contribution in [3.8, 4) is 5.75 Å². The first kappa shape index (κ1) is 15.3. The summed E-state index contributed by atoms with van der Waals surface area (Å²) in [6.45, 7) is 1.19. The van der Waals surface area contributed by atoms with Crippen molar-refractivity contribution in [2.45, 2.75) is 31.4 Å².